The summed E-state index contributed by atoms with van der Waals surface area (Å²) in [7, 11) is 0. The number of halogens is 4. The molecule has 5 rings (SSSR count). The summed E-state index contributed by atoms with van der Waals surface area (Å²) in [5.41, 5.74) is 8.64. The number of rotatable bonds is 4. The van der Waals surface area contributed by atoms with Crippen LogP contribution in [-0.4, -0.2) is 88.2 Å². The fourth-order valence-electron chi connectivity index (χ4n) is 6.64. The first kappa shape index (κ1) is 34.3. The minimum Gasteiger partial charge on any atom is -0.404 e. The Morgan fingerprint density at radius 2 is 2.00 bits per heavy atom. The Labute approximate surface area is 281 Å². The van der Waals surface area contributed by atoms with Crippen LogP contribution in [0.2, 0.25) is 5.02 Å². The third kappa shape index (κ3) is 7.10. The number of amides is 1. The molecule has 1 amide bonds. The fourth-order valence-corrected chi connectivity index (χ4v) is 9.39. The van der Waals surface area contributed by atoms with Crippen molar-refractivity contribution < 1.29 is 23.0 Å². The highest BCUT2D eigenvalue weighted by Crippen LogP contribution is 2.47. The molecule has 46 heavy (non-hydrogen) atoms. The van der Waals surface area contributed by atoms with Crippen molar-refractivity contribution in [2.75, 3.05) is 25.4 Å². The van der Waals surface area contributed by atoms with Gasteiger partial charge in [-0.05, 0) is 50.6 Å². The third-order valence-electron chi connectivity index (χ3n) is 8.67. The smallest absolute Gasteiger partial charge is 0.404 e. The van der Waals surface area contributed by atoms with Crippen molar-refractivity contribution >= 4 is 57.7 Å². The number of nitrogens with two attached hydrogens (primary N) is 1. The van der Waals surface area contributed by atoms with Gasteiger partial charge in [0.05, 0.1) is 46.2 Å². The van der Waals surface area contributed by atoms with Crippen LogP contribution in [0, 0.1) is 5.41 Å². The predicted octanol–water partition coefficient (Wildman–Crippen LogP) is 4.45. The molecule has 1 aromatic heterocycles. The van der Waals surface area contributed by atoms with Crippen LogP contribution < -0.4 is 16.0 Å². The standard InChI is InChI=1S/C33H38ClF3N6OS2/c1-5-28(44)43-19(3)14-42(15-20(43)4)32(39)24-11-25(33(35,36)37)29(27-10-22(34)16-45-27)31-30(24)40-13-23(17-46-31)41-26-9-18(2)7-6-8-21(26)12-38/h5-8,10-12,16,19-20,23,30-31,39-40H,1,9,13-15,17,38H2,2-4H3/p+1/b21-12-,39-32?,41-26?/t19-,20+,23?,30?,31?. The molecule has 0 spiro atoms. The van der Waals surface area contributed by atoms with E-state index in [4.69, 9.17) is 17.3 Å². The molecule has 7 nitrogen and oxygen atoms in total. The first-order valence-electron chi connectivity index (χ1n) is 15.1. The van der Waals surface area contributed by atoms with Gasteiger partial charge in [-0.15, -0.1) is 23.1 Å². The van der Waals surface area contributed by atoms with Crippen molar-refractivity contribution in [2.24, 2.45) is 5.73 Å². The molecule has 5 N–H and O–H groups in total. The van der Waals surface area contributed by atoms with Crippen LogP contribution in [0.4, 0.5) is 13.2 Å². The van der Waals surface area contributed by atoms with E-state index < -0.39 is 23.0 Å². The van der Waals surface area contributed by atoms with E-state index in [1.165, 1.54) is 29.2 Å². The Kier molecular flexibility index (Phi) is 10.4. The number of nitrogens with one attached hydrogen (secondary N) is 3. The number of alkyl halides is 3. The summed E-state index contributed by atoms with van der Waals surface area (Å²) in [6.45, 7) is 10.5. The van der Waals surface area contributed by atoms with Gasteiger partial charge in [0, 0.05) is 47.2 Å². The number of thioether (sulfide) groups is 1. The Bertz CT molecular complexity index is 1580. The van der Waals surface area contributed by atoms with Gasteiger partial charge in [-0.3, -0.25) is 10.2 Å². The summed E-state index contributed by atoms with van der Waals surface area (Å²) in [6, 6.07) is 0.389. The number of nitrogens with zero attached hydrogens (tertiary/aromatic N) is 2. The number of thiophene rings is 1. The summed E-state index contributed by atoms with van der Waals surface area (Å²) in [4.78, 5) is 20.1. The van der Waals surface area contributed by atoms with Crippen LogP contribution in [0.15, 0.2) is 76.9 Å². The van der Waals surface area contributed by atoms with E-state index in [-0.39, 0.29) is 41.0 Å². The van der Waals surface area contributed by atoms with Crippen LogP contribution in [0.25, 0.3) is 5.57 Å². The van der Waals surface area contributed by atoms with E-state index in [2.05, 4.69) is 16.9 Å². The second-order valence-electron chi connectivity index (χ2n) is 12.1. The molecular formula is C33H39ClF3N6OS2+. The van der Waals surface area contributed by atoms with Crippen molar-refractivity contribution in [1.82, 2.24) is 15.1 Å². The Morgan fingerprint density at radius 3 is 2.61 bits per heavy atom. The van der Waals surface area contributed by atoms with E-state index in [1.54, 1.807) is 27.4 Å². The normalized spacial score (nSPS) is 29.2. The molecule has 2 fully saturated rings. The van der Waals surface area contributed by atoms with Gasteiger partial charge in [0.2, 0.25) is 5.91 Å². The molecule has 0 bridgehead atoms. The van der Waals surface area contributed by atoms with Crippen LogP contribution in [0.5, 0.6) is 0 Å². The molecule has 0 aromatic carbocycles. The molecule has 4 aliphatic rings. The maximum absolute atomic E-state index is 14.9. The Balaban J connectivity index is 1.55. The van der Waals surface area contributed by atoms with Crippen molar-refractivity contribution in [3.8, 4) is 0 Å². The molecule has 3 unspecified atom stereocenters. The van der Waals surface area contributed by atoms with Crippen LogP contribution >= 0.6 is 34.7 Å². The van der Waals surface area contributed by atoms with E-state index in [0.717, 1.165) is 22.9 Å². The Hall–Kier alpha value is -3.06. The Morgan fingerprint density at radius 1 is 1.28 bits per heavy atom. The zero-order valence-electron chi connectivity index (χ0n) is 26.0. The van der Waals surface area contributed by atoms with Crippen LogP contribution in [-0.2, 0) is 4.79 Å². The van der Waals surface area contributed by atoms with E-state index in [9.17, 15) is 23.4 Å². The number of hydrogen-bond donors (Lipinski definition) is 4. The maximum Gasteiger partial charge on any atom is 0.416 e. The second kappa shape index (κ2) is 14.0. The van der Waals surface area contributed by atoms with E-state index >= 15 is 0 Å². The van der Waals surface area contributed by atoms with Crippen LogP contribution in [0.3, 0.4) is 0 Å². The van der Waals surface area contributed by atoms with E-state index in [0.29, 0.717) is 41.7 Å². The average molecular weight is 692 g/mol. The molecule has 0 radical (unpaired) electrons. The maximum atomic E-state index is 14.9. The number of piperazine rings is 1. The van der Waals surface area contributed by atoms with Gasteiger partial charge in [0.25, 0.3) is 0 Å². The molecule has 5 atom stereocenters. The molecule has 0 saturated carbocycles. The number of carbonyl (C=O) groups is 1. The highest BCUT2D eigenvalue weighted by Gasteiger charge is 2.47. The van der Waals surface area contributed by atoms with Crippen molar-refractivity contribution in [3.05, 3.63) is 86.8 Å². The molecular weight excluding hydrogens is 653 g/mol. The van der Waals surface area contributed by atoms with Gasteiger partial charge in [-0.25, -0.2) is 4.99 Å². The number of allylic oxidation sites excluding steroid dienone is 7. The minimum atomic E-state index is -4.66. The lowest BCUT2D eigenvalue weighted by atomic mass is 9.85. The van der Waals surface area contributed by atoms with E-state index in [1.807, 2.05) is 39.0 Å². The highest BCUT2D eigenvalue weighted by molar-refractivity contribution is 8.00. The van der Waals surface area contributed by atoms with Crippen molar-refractivity contribution in [3.63, 3.8) is 0 Å². The summed E-state index contributed by atoms with van der Waals surface area (Å²) in [5.74, 6) is 0.346. The summed E-state index contributed by atoms with van der Waals surface area (Å²) < 4.78 is 44.8. The zero-order chi connectivity index (χ0) is 33.3. The SMILES string of the molecule is C=CC(=O)N1[C@H](C)CN(C(=N)C2=CC(C(F)(F)F)=C(c3cc(Cl)cs3)C3SCC([NH+]=C4CC(C)=CC=C/C4=C/N)CNC23)C[C@@H]1C. The lowest BCUT2D eigenvalue weighted by molar-refractivity contribution is -0.494. The topological polar surface area (TPSA) is 99.4 Å². The third-order valence-corrected chi connectivity index (χ3v) is 11.4. The molecule has 2 saturated heterocycles. The molecule has 246 valence electrons. The van der Waals surface area contributed by atoms with Gasteiger partial charge in [-0.1, -0.05) is 35.9 Å². The van der Waals surface area contributed by atoms with Gasteiger partial charge in [0.15, 0.2) is 11.8 Å². The molecule has 3 heterocycles. The average Bonchev–Trinajstić information content (AvgIpc) is 3.20. The van der Waals surface area contributed by atoms with Gasteiger partial charge >= 0.3 is 6.18 Å². The van der Waals surface area contributed by atoms with Gasteiger partial charge in [-0.2, -0.15) is 13.2 Å². The number of hydrogen-bond acceptors (Lipinski definition) is 6. The first-order valence-corrected chi connectivity index (χ1v) is 17.4. The van der Waals surface area contributed by atoms with Crippen molar-refractivity contribution in [1.29, 1.82) is 5.41 Å². The molecule has 2 aliphatic heterocycles. The van der Waals surface area contributed by atoms with Crippen LogP contribution in [0.1, 0.15) is 32.1 Å². The number of fused-ring (bicyclic) bond motifs is 1. The summed E-state index contributed by atoms with van der Waals surface area (Å²) >= 11 is 8.89. The zero-order valence-corrected chi connectivity index (χ0v) is 28.3. The van der Waals surface area contributed by atoms with Gasteiger partial charge in [0.1, 0.15) is 5.84 Å². The van der Waals surface area contributed by atoms with Gasteiger partial charge < -0.3 is 20.9 Å². The number of amidine groups is 1. The predicted molar refractivity (Wildman–Crippen MR) is 183 cm³/mol. The quantitative estimate of drug-likeness (QED) is 0.213. The van der Waals surface area contributed by atoms with Crippen molar-refractivity contribution in [2.45, 2.75) is 62.8 Å². The number of carbonyl (C=O) groups excluding carboxylic acids is 1. The largest absolute Gasteiger partial charge is 0.416 e. The monoisotopic (exact) mass is 691 g/mol. The minimum absolute atomic E-state index is 0.0290. The highest BCUT2D eigenvalue weighted by atomic mass is 35.5. The lowest BCUT2D eigenvalue weighted by Crippen LogP contribution is -2.82. The summed E-state index contributed by atoms with van der Waals surface area (Å²) in [5, 5.41) is 14.3. The first-order chi connectivity index (χ1) is 21.8. The molecule has 2 aliphatic carbocycles. The summed E-state index contributed by atoms with van der Waals surface area (Å²) in [6.07, 6.45) is 5.93. The molecule has 1 aromatic rings. The lowest BCUT2D eigenvalue weighted by Gasteiger charge is -2.46. The second-order valence-corrected chi connectivity index (χ2v) is 14.6. The fraction of sp³-hybridized carbons (Fsp3) is 0.424. The molecule has 13 heteroatoms.